The van der Waals surface area contributed by atoms with Crippen LogP contribution in [0.2, 0.25) is 0 Å². The number of fused-ring (bicyclic) bond motifs is 1. The lowest BCUT2D eigenvalue weighted by atomic mass is 10.1. The third-order valence-corrected chi connectivity index (χ3v) is 2.85. The number of hydrogen-bond donors (Lipinski definition) is 1. The summed E-state index contributed by atoms with van der Waals surface area (Å²) in [6, 6.07) is 5.63. The number of carbonyl (C=O) groups excluding carboxylic acids is 3. The van der Waals surface area contributed by atoms with Crippen LogP contribution in [0.5, 0.6) is 0 Å². The second-order valence-corrected chi connectivity index (χ2v) is 3.85. The zero-order valence-electron chi connectivity index (χ0n) is 9.34. The zero-order chi connectivity index (χ0) is 12.6. The summed E-state index contributed by atoms with van der Waals surface area (Å²) in [5.41, 5.74) is 5.86. The highest BCUT2D eigenvalue weighted by Gasteiger charge is 2.40. The van der Waals surface area contributed by atoms with Gasteiger partial charge >= 0.3 is 0 Å². The molecule has 0 unspecified atom stereocenters. The number of amides is 3. The molecule has 1 aliphatic heterocycles. The largest absolute Gasteiger partial charge is 0.368 e. The molecule has 1 aromatic carbocycles. The van der Waals surface area contributed by atoms with Crippen LogP contribution in [0, 0.1) is 0 Å². The molecule has 0 bridgehead atoms. The predicted octanol–water partition coefficient (Wildman–Crippen LogP) is 0.546. The maximum absolute atomic E-state index is 12.0. The fourth-order valence-corrected chi connectivity index (χ4v) is 2.00. The third-order valence-electron chi connectivity index (χ3n) is 2.85. The Kier molecular flexibility index (Phi) is 2.67. The van der Waals surface area contributed by atoms with Crippen molar-refractivity contribution in [2.75, 3.05) is 0 Å². The summed E-state index contributed by atoms with van der Waals surface area (Å²) < 4.78 is 0. The molecule has 5 heteroatoms. The Morgan fingerprint density at radius 2 is 1.71 bits per heavy atom. The van der Waals surface area contributed by atoms with Crippen LogP contribution in [0.3, 0.4) is 0 Å². The molecule has 0 spiro atoms. The molecule has 0 radical (unpaired) electrons. The number of nitrogens with two attached hydrogens (primary N) is 1. The van der Waals surface area contributed by atoms with Gasteiger partial charge < -0.3 is 5.73 Å². The summed E-state index contributed by atoms with van der Waals surface area (Å²) in [7, 11) is 0. The van der Waals surface area contributed by atoms with Crippen molar-refractivity contribution in [3.8, 4) is 0 Å². The van der Waals surface area contributed by atoms with Crippen LogP contribution in [0.4, 0.5) is 0 Å². The zero-order valence-corrected chi connectivity index (χ0v) is 9.34. The molecule has 0 saturated heterocycles. The number of imide groups is 1. The average Bonchev–Trinajstić information content (AvgIpc) is 2.56. The number of rotatable bonds is 3. The molecule has 2 rings (SSSR count). The third kappa shape index (κ3) is 1.60. The molecule has 88 valence electrons. The van der Waals surface area contributed by atoms with E-state index in [0.717, 1.165) is 4.90 Å². The Morgan fingerprint density at radius 1 is 1.24 bits per heavy atom. The molecule has 2 N–H and O–H groups in total. The second kappa shape index (κ2) is 4.01. The van der Waals surface area contributed by atoms with Crippen LogP contribution in [0.15, 0.2) is 24.3 Å². The van der Waals surface area contributed by atoms with Gasteiger partial charge in [0.2, 0.25) is 5.91 Å². The van der Waals surface area contributed by atoms with Crippen molar-refractivity contribution in [2.45, 2.75) is 19.4 Å². The van der Waals surface area contributed by atoms with E-state index in [0.29, 0.717) is 17.5 Å². The van der Waals surface area contributed by atoms with E-state index in [1.807, 2.05) is 0 Å². The van der Waals surface area contributed by atoms with Crippen molar-refractivity contribution < 1.29 is 14.4 Å². The van der Waals surface area contributed by atoms with Gasteiger partial charge in [0.25, 0.3) is 11.8 Å². The molecule has 1 aliphatic rings. The van der Waals surface area contributed by atoms with Crippen LogP contribution in [0.1, 0.15) is 34.1 Å². The predicted molar refractivity (Wildman–Crippen MR) is 60.2 cm³/mol. The van der Waals surface area contributed by atoms with Crippen molar-refractivity contribution in [2.24, 2.45) is 5.73 Å². The summed E-state index contributed by atoms with van der Waals surface area (Å²) in [5.74, 6) is -1.56. The second-order valence-electron chi connectivity index (χ2n) is 3.85. The first-order valence-corrected chi connectivity index (χ1v) is 5.34. The van der Waals surface area contributed by atoms with E-state index in [9.17, 15) is 14.4 Å². The molecule has 0 aromatic heterocycles. The van der Waals surface area contributed by atoms with E-state index in [-0.39, 0.29) is 0 Å². The lowest BCUT2D eigenvalue weighted by Crippen LogP contribution is -2.47. The Balaban J connectivity index is 2.46. The van der Waals surface area contributed by atoms with Crippen molar-refractivity contribution in [1.82, 2.24) is 4.90 Å². The Morgan fingerprint density at radius 3 is 2.06 bits per heavy atom. The van der Waals surface area contributed by atoms with Gasteiger partial charge in [0.15, 0.2) is 0 Å². The number of primary amides is 1. The Labute approximate surface area is 98.2 Å². The van der Waals surface area contributed by atoms with E-state index >= 15 is 0 Å². The van der Waals surface area contributed by atoms with Gasteiger partial charge in [-0.05, 0) is 18.6 Å². The van der Waals surface area contributed by atoms with Crippen molar-refractivity contribution in [3.05, 3.63) is 35.4 Å². The lowest BCUT2D eigenvalue weighted by Gasteiger charge is -2.21. The summed E-state index contributed by atoms with van der Waals surface area (Å²) in [4.78, 5) is 36.2. The van der Waals surface area contributed by atoms with Gasteiger partial charge in [0, 0.05) is 0 Å². The fraction of sp³-hybridized carbons (Fsp3) is 0.250. The number of nitrogens with zero attached hydrogens (tertiary/aromatic N) is 1. The van der Waals surface area contributed by atoms with Gasteiger partial charge in [-0.2, -0.15) is 0 Å². The van der Waals surface area contributed by atoms with Crippen LogP contribution in [-0.4, -0.2) is 28.7 Å². The van der Waals surface area contributed by atoms with Gasteiger partial charge in [-0.1, -0.05) is 19.1 Å². The van der Waals surface area contributed by atoms with E-state index < -0.39 is 23.8 Å². The van der Waals surface area contributed by atoms with Gasteiger partial charge in [0.1, 0.15) is 6.04 Å². The summed E-state index contributed by atoms with van der Waals surface area (Å²) >= 11 is 0. The molecule has 0 saturated carbocycles. The van der Waals surface area contributed by atoms with Gasteiger partial charge in [-0.3, -0.25) is 19.3 Å². The van der Waals surface area contributed by atoms with Crippen LogP contribution in [-0.2, 0) is 4.79 Å². The van der Waals surface area contributed by atoms with Crippen LogP contribution >= 0.6 is 0 Å². The first kappa shape index (κ1) is 11.3. The highest BCUT2D eigenvalue weighted by atomic mass is 16.2. The summed E-state index contributed by atoms with van der Waals surface area (Å²) in [5, 5.41) is 0. The van der Waals surface area contributed by atoms with Crippen molar-refractivity contribution in [3.63, 3.8) is 0 Å². The van der Waals surface area contributed by atoms with Crippen molar-refractivity contribution in [1.29, 1.82) is 0 Å². The van der Waals surface area contributed by atoms with E-state index in [1.54, 1.807) is 31.2 Å². The molecule has 17 heavy (non-hydrogen) atoms. The van der Waals surface area contributed by atoms with E-state index in [4.69, 9.17) is 5.73 Å². The molecule has 0 aliphatic carbocycles. The molecule has 1 atom stereocenters. The quantitative estimate of drug-likeness (QED) is 0.772. The minimum Gasteiger partial charge on any atom is -0.368 e. The SMILES string of the molecule is CC[C@@H](C(N)=O)N1C(=O)c2ccccc2C1=O. The number of benzene rings is 1. The molecule has 1 aromatic rings. The van der Waals surface area contributed by atoms with Gasteiger partial charge in [0.05, 0.1) is 11.1 Å². The molecule has 1 heterocycles. The molecular weight excluding hydrogens is 220 g/mol. The summed E-state index contributed by atoms with van der Waals surface area (Å²) in [6.45, 7) is 1.71. The first-order valence-electron chi connectivity index (χ1n) is 5.34. The maximum Gasteiger partial charge on any atom is 0.262 e. The molecule has 0 fully saturated rings. The van der Waals surface area contributed by atoms with E-state index in [1.165, 1.54) is 0 Å². The Bertz CT molecular complexity index is 475. The average molecular weight is 232 g/mol. The minimum atomic E-state index is -0.873. The van der Waals surface area contributed by atoms with E-state index in [2.05, 4.69) is 0 Å². The molecule has 3 amide bonds. The highest BCUT2D eigenvalue weighted by Crippen LogP contribution is 2.25. The topological polar surface area (TPSA) is 80.5 Å². The van der Waals surface area contributed by atoms with Crippen LogP contribution < -0.4 is 5.73 Å². The molecular formula is C12H12N2O3. The minimum absolute atomic E-state index is 0.320. The summed E-state index contributed by atoms with van der Waals surface area (Å²) in [6.07, 6.45) is 0.320. The van der Waals surface area contributed by atoms with Crippen molar-refractivity contribution >= 4 is 17.7 Å². The smallest absolute Gasteiger partial charge is 0.262 e. The molecule has 5 nitrogen and oxygen atoms in total. The maximum atomic E-state index is 12.0. The fourth-order valence-electron chi connectivity index (χ4n) is 2.00. The monoisotopic (exact) mass is 232 g/mol. The lowest BCUT2D eigenvalue weighted by molar-refractivity contribution is -0.121. The number of hydrogen-bond acceptors (Lipinski definition) is 3. The Hall–Kier alpha value is -2.17. The highest BCUT2D eigenvalue weighted by molar-refractivity contribution is 6.22. The standard InChI is InChI=1S/C12H12N2O3/c1-2-9(10(13)15)14-11(16)7-5-3-4-6-8(7)12(14)17/h3-6,9H,2H2,1H3,(H2,13,15)/t9-/m0/s1. The van der Waals surface area contributed by atoms with Gasteiger partial charge in [-0.15, -0.1) is 0 Å². The van der Waals surface area contributed by atoms with Gasteiger partial charge in [-0.25, -0.2) is 0 Å². The normalized spacial score (nSPS) is 15.9. The first-order chi connectivity index (χ1) is 8.07. The van der Waals surface area contributed by atoms with Crippen LogP contribution in [0.25, 0.3) is 0 Å². The number of carbonyl (C=O) groups is 3.